The molecule has 7 N–H and O–H groups in total. The molecular formula is C39H37BrCl3N15O6. The summed E-state index contributed by atoms with van der Waals surface area (Å²) in [4.78, 5) is 95.4. The van der Waals surface area contributed by atoms with E-state index in [0.717, 1.165) is 0 Å². The Morgan fingerprint density at radius 3 is 1.20 bits per heavy atom. The van der Waals surface area contributed by atoms with E-state index in [1.807, 2.05) is 0 Å². The number of aromatic nitrogens is 9. The highest BCUT2D eigenvalue weighted by molar-refractivity contribution is 9.10. The number of nitrogens with one attached hydrogen (secondary N) is 5. The Labute approximate surface area is 386 Å². The first kappa shape index (κ1) is 46.7. The van der Waals surface area contributed by atoms with Gasteiger partial charge in [0.1, 0.15) is 81.9 Å². The Balaban J connectivity index is 0.000000150. The molecule has 6 aromatic rings. The Bertz CT molecular complexity index is 2850. The summed E-state index contributed by atoms with van der Waals surface area (Å²) < 4.78 is 4.41. The number of nitrogen functional groups attached to an aromatic ring is 1. The summed E-state index contributed by atoms with van der Waals surface area (Å²) in [5.74, 6) is 0.388. The van der Waals surface area contributed by atoms with Gasteiger partial charge in [-0.15, -0.1) is 0 Å². The van der Waals surface area contributed by atoms with Gasteiger partial charge < -0.3 is 32.3 Å². The molecule has 0 aromatic carbocycles. The normalized spacial score (nSPS) is 15.2. The summed E-state index contributed by atoms with van der Waals surface area (Å²) in [6.07, 6.45) is 8.85. The largest absolute Gasteiger partial charge is 0.384 e. The summed E-state index contributed by atoms with van der Waals surface area (Å²) in [6.45, 7) is 10.4. The summed E-state index contributed by atoms with van der Waals surface area (Å²) in [5.41, 5.74) is 2.86. The summed E-state index contributed by atoms with van der Waals surface area (Å²) in [7, 11) is 0. The molecule has 0 fully saturated rings. The second-order valence-corrected chi connectivity index (χ2v) is 17.3. The number of anilines is 5. The van der Waals surface area contributed by atoms with Crippen LogP contribution in [0.2, 0.25) is 15.1 Å². The molecule has 0 radical (unpaired) electrons. The molecule has 9 heterocycles. The number of carbonyl (C=O) groups is 3. The zero-order valence-electron chi connectivity index (χ0n) is 34.5. The molecule has 0 unspecified atom stereocenters. The molecule has 3 amide bonds. The van der Waals surface area contributed by atoms with Gasteiger partial charge in [-0.1, -0.05) is 34.8 Å². The molecule has 25 heteroatoms. The fourth-order valence-corrected chi connectivity index (χ4v) is 8.00. The maximum absolute atomic E-state index is 12.6. The van der Waals surface area contributed by atoms with Crippen LogP contribution in [0.25, 0.3) is 0 Å². The van der Waals surface area contributed by atoms with Gasteiger partial charge in [0.15, 0.2) is 0 Å². The monoisotopic (exact) mass is 995 g/mol. The maximum atomic E-state index is 12.6. The first-order chi connectivity index (χ1) is 30.0. The minimum atomic E-state index is -0.837. The van der Waals surface area contributed by atoms with Crippen molar-refractivity contribution in [3.8, 4) is 0 Å². The number of pyridine rings is 3. The molecule has 0 aliphatic carbocycles. The lowest BCUT2D eigenvalue weighted by Gasteiger charge is -2.22. The van der Waals surface area contributed by atoms with Gasteiger partial charge in [-0.25, -0.2) is 29.9 Å². The highest BCUT2D eigenvalue weighted by Crippen LogP contribution is 2.31. The minimum Gasteiger partial charge on any atom is -0.384 e. The van der Waals surface area contributed by atoms with Crippen LogP contribution in [0.3, 0.4) is 0 Å². The Morgan fingerprint density at radius 2 is 0.891 bits per heavy atom. The predicted octanol–water partition coefficient (Wildman–Crippen LogP) is 4.70. The van der Waals surface area contributed by atoms with Crippen molar-refractivity contribution >= 4 is 97.3 Å². The quantitative estimate of drug-likeness (QED) is 0.140. The van der Waals surface area contributed by atoms with Gasteiger partial charge in [0.05, 0.1) is 19.5 Å². The van der Waals surface area contributed by atoms with Crippen molar-refractivity contribution in [1.29, 1.82) is 0 Å². The number of nitrogens with zero attached hydrogens (tertiary/aromatic N) is 9. The molecule has 9 rings (SSSR count). The van der Waals surface area contributed by atoms with E-state index in [1.54, 1.807) is 78.3 Å². The number of hydrogen-bond acceptors (Lipinski definition) is 15. The van der Waals surface area contributed by atoms with Crippen LogP contribution in [0.5, 0.6) is 0 Å². The summed E-state index contributed by atoms with van der Waals surface area (Å²) in [5, 5.41) is 14.6. The zero-order chi connectivity index (χ0) is 46.9. The Kier molecular flexibility index (Phi) is 13.3. The van der Waals surface area contributed by atoms with Crippen molar-refractivity contribution in [2.45, 2.75) is 58.5 Å². The third-order valence-electron chi connectivity index (χ3n) is 9.29. The van der Waals surface area contributed by atoms with Crippen molar-refractivity contribution in [2.75, 3.05) is 16.4 Å². The van der Waals surface area contributed by atoms with E-state index in [9.17, 15) is 28.8 Å². The first-order valence-electron chi connectivity index (χ1n) is 18.6. The van der Waals surface area contributed by atoms with E-state index in [2.05, 4.69) is 72.4 Å². The smallest absolute Gasteiger partial charge is 0.276 e. The lowest BCUT2D eigenvalue weighted by atomic mass is 10.2. The number of fused-ring (bicyclic) bond motifs is 3. The van der Waals surface area contributed by atoms with Crippen LogP contribution in [0, 0.1) is 0 Å². The van der Waals surface area contributed by atoms with Crippen LogP contribution in [-0.2, 0) is 17.0 Å². The number of nitrogens with two attached hydrogens (primary N) is 1. The molecule has 0 bridgehead atoms. The SMILES string of the molecule is CC1(C)NC(=O)c2c(Cl)cc(Br)c(=O)n21.CC1(C)NC(=O)c2c(Cl)cc(Nc3ccncn3)c(=O)n21.CC1(C)NC(=O)c2c(Cl)cc(Nc3ccncn3)c(=O)n21.Nc1ccncn1. The molecule has 0 spiro atoms. The Hall–Kier alpha value is -6.75. The molecule has 0 saturated carbocycles. The highest BCUT2D eigenvalue weighted by Gasteiger charge is 2.40. The summed E-state index contributed by atoms with van der Waals surface area (Å²) in [6, 6.07) is 9.19. The fourth-order valence-electron chi connectivity index (χ4n) is 6.62. The fraction of sp³-hybridized carbons (Fsp3) is 0.231. The molecule has 6 aromatic heterocycles. The third-order valence-corrected chi connectivity index (χ3v) is 10.7. The predicted molar refractivity (Wildman–Crippen MR) is 242 cm³/mol. The highest BCUT2D eigenvalue weighted by atomic mass is 79.9. The molecule has 332 valence electrons. The van der Waals surface area contributed by atoms with Gasteiger partial charge in [-0.05, 0) is 93.9 Å². The van der Waals surface area contributed by atoms with Gasteiger partial charge in [0.25, 0.3) is 34.4 Å². The van der Waals surface area contributed by atoms with E-state index in [4.69, 9.17) is 40.5 Å². The third kappa shape index (κ3) is 9.58. The van der Waals surface area contributed by atoms with Crippen molar-refractivity contribution in [1.82, 2.24) is 59.6 Å². The maximum Gasteiger partial charge on any atom is 0.276 e. The van der Waals surface area contributed by atoms with E-state index in [-0.39, 0.29) is 77.9 Å². The second-order valence-electron chi connectivity index (χ2n) is 15.2. The molecule has 0 saturated heterocycles. The van der Waals surface area contributed by atoms with Gasteiger partial charge >= 0.3 is 0 Å². The average Bonchev–Trinajstić information content (AvgIpc) is 3.75. The number of rotatable bonds is 4. The van der Waals surface area contributed by atoms with Crippen LogP contribution < -0.4 is 49.0 Å². The molecule has 3 aliphatic rings. The van der Waals surface area contributed by atoms with Gasteiger partial charge in [-0.3, -0.25) is 42.5 Å². The lowest BCUT2D eigenvalue weighted by Crippen LogP contribution is -2.42. The Morgan fingerprint density at radius 1 is 0.547 bits per heavy atom. The molecule has 21 nitrogen and oxygen atoms in total. The van der Waals surface area contributed by atoms with Crippen molar-refractivity contribution in [3.63, 3.8) is 0 Å². The van der Waals surface area contributed by atoms with Gasteiger partial charge in [0, 0.05) is 18.6 Å². The van der Waals surface area contributed by atoms with Crippen molar-refractivity contribution in [2.24, 2.45) is 0 Å². The topological polar surface area (TPSA) is 281 Å². The minimum absolute atomic E-state index is 0.167. The summed E-state index contributed by atoms with van der Waals surface area (Å²) >= 11 is 21.3. The lowest BCUT2D eigenvalue weighted by molar-refractivity contribution is 0.0925. The average molecular weight is 998 g/mol. The van der Waals surface area contributed by atoms with Crippen LogP contribution in [0.15, 0.2) is 92.8 Å². The van der Waals surface area contributed by atoms with Crippen LogP contribution >= 0.6 is 50.7 Å². The van der Waals surface area contributed by atoms with Gasteiger partial charge in [-0.2, -0.15) is 0 Å². The first-order valence-corrected chi connectivity index (χ1v) is 20.6. The van der Waals surface area contributed by atoms with E-state index >= 15 is 0 Å². The van der Waals surface area contributed by atoms with E-state index in [0.29, 0.717) is 21.9 Å². The molecular weight excluding hydrogens is 961 g/mol. The van der Waals surface area contributed by atoms with Crippen molar-refractivity contribution in [3.05, 3.63) is 142 Å². The standard InChI is InChI=1S/2C13H12ClN5O2.C9H8BrClN2O2.C4H5N3/c2*1-13(2)18-11(20)10-7(14)5-8(12(21)19(10)13)17-9-3-4-15-6-16-9;1-9(2)12-7(14)6-5(11)3-4(10)8(15)13(6)9;5-4-1-2-6-3-7-4/h2*3-6H,1-2H3,(H,18,20)(H,15,16,17);3H,1-2H3,(H,12,14);1-3H,(H2,5,6,7). The number of amides is 3. The van der Waals surface area contributed by atoms with E-state index in [1.165, 1.54) is 50.9 Å². The molecule has 3 aliphatic heterocycles. The van der Waals surface area contributed by atoms with Crippen molar-refractivity contribution < 1.29 is 14.4 Å². The zero-order valence-corrected chi connectivity index (χ0v) is 38.3. The second kappa shape index (κ2) is 18.2. The van der Waals surface area contributed by atoms with E-state index < -0.39 is 17.0 Å². The van der Waals surface area contributed by atoms with Crippen LogP contribution in [0.4, 0.5) is 28.8 Å². The number of hydrogen-bond donors (Lipinski definition) is 6. The van der Waals surface area contributed by atoms with Crippen LogP contribution in [-0.4, -0.2) is 61.3 Å². The van der Waals surface area contributed by atoms with Crippen LogP contribution in [0.1, 0.15) is 73.0 Å². The van der Waals surface area contributed by atoms with Gasteiger partial charge in [0.2, 0.25) is 0 Å². The molecule has 0 atom stereocenters. The number of carbonyl (C=O) groups excluding carboxylic acids is 3. The molecule has 64 heavy (non-hydrogen) atoms. The number of halogens is 4.